The zero-order chi connectivity index (χ0) is 17.3. The fourth-order valence-corrected chi connectivity index (χ4v) is 2.85. The lowest BCUT2D eigenvalue weighted by Crippen LogP contribution is -2.18. The van der Waals surface area contributed by atoms with Gasteiger partial charge in [0.15, 0.2) is 17.9 Å². The van der Waals surface area contributed by atoms with E-state index in [4.69, 9.17) is 9.47 Å². The Labute approximate surface area is 138 Å². The molecule has 0 saturated heterocycles. The SMILES string of the molecule is COc1cccc(C=O)c1C1=CC(=O)c2c(OC)cccc2C1=O. The van der Waals surface area contributed by atoms with E-state index >= 15 is 0 Å². The molecule has 3 rings (SSSR count). The molecule has 0 amide bonds. The highest BCUT2D eigenvalue weighted by molar-refractivity contribution is 6.40. The lowest BCUT2D eigenvalue weighted by Gasteiger charge is -2.19. The number of hydrogen-bond acceptors (Lipinski definition) is 5. The van der Waals surface area contributed by atoms with E-state index < -0.39 is 0 Å². The molecule has 0 radical (unpaired) electrons. The van der Waals surface area contributed by atoms with Crippen molar-refractivity contribution in [1.82, 2.24) is 0 Å². The molecule has 120 valence electrons. The average molecular weight is 322 g/mol. The first-order valence-corrected chi connectivity index (χ1v) is 7.22. The molecule has 0 aliphatic heterocycles. The topological polar surface area (TPSA) is 69.7 Å². The summed E-state index contributed by atoms with van der Waals surface area (Å²) in [4.78, 5) is 36.8. The molecule has 0 heterocycles. The van der Waals surface area contributed by atoms with Crippen LogP contribution in [0.4, 0.5) is 0 Å². The minimum absolute atomic E-state index is 0.139. The molecule has 0 atom stereocenters. The van der Waals surface area contributed by atoms with Crippen molar-refractivity contribution in [1.29, 1.82) is 0 Å². The van der Waals surface area contributed by atoms with Gasteiger partial charge in [-0.05, 0) is 18.2 Å². The summed E-state index contributed by atoms with van der Waals surface area (Å²) in [5.74, 6) is 0.00559. The quantitative estimate of drug-likeness (QED) is 0.809. The van der Waals surface area contributed by atoms with Crippen LogP contribution in [0, 0.1) is 0 Å². The number of aldehydes is 1. The highest BCUT2D eigenvalue weighted by Crippen LogP contribution is 2.37. The smallest absolute Gasteiger partial charge is 0.194 e. The van der Waals surface area contributed by atoms with Crippen molar-refractivity contribution in [3.05, 3.63) is 64.7 Å². The van der Waals surface area contributed by atoms with Gasteiger partial charge in [-0.1, -0.05) is 24.3 Å². The van der Waals surface area contributed by atoms with Gasteiger partial charge < -0.3 is 9.47 Å². The Morgan fingerprint density at radius 1 is 0.875 bits per heavy atom. The van der Waals surface area contributed by atoms with Crippen LogP contribution in [0.2, 0.25) is 0 Å². The Balaban J connectivity index is 2.25. The molecule has 2 aromatic carbocycles. The van der Waals surface area contributed by atoms with Crippen LogP contribution in [0.5, 0.6) is 11.5 Å². The molecule has 5 heteroatoms. The lowest BCUT2D eigenvalue weighted by atomic mass is 9.84. The second kappa shape index (κ2) is 6.12. The fraction of sp³-hybridized carbons (Fsp3) is 0.105. The van der Waals surface area contributed by atoms with Crippen LogP contribution in [-0.4, -0.2) is 32.1 Å². The van der Waals surface area contributed by atoms with Gasteiger partial charge in [-0.15, -0.1) is 0 Å². The molecule has 1 aliphatic rings. The van der Waals surface area contributed by atoms with Gasteiger partial charge in [0.2, 0.25) is 0 Å². The largest absolute Gasteiger partial charge is 0.496 e. The van der Waals surface area contributed by atoms with Crippen molar-refractivity contribution in [3.63, 3.8) is 0 Å². The Bertz CT molecular complexity index is 893. The Morgan fingerprint density at radius 2 is 1.50 bits per heavy atom. The van der Waals surface area contributed by atoms with E-state index in [9.17, 15) is 14.4 Å². The molecule has 1 aliphatic carbocycles. The molecule has 2 aromatic rings. The third-order valence-corrected chi connectivity index (χ3v) is 3.93. The second-order valence-corrected chi connectivity index (χ2v) is 5.18. The first kappa shape index (κ1) is 15.7. The van der Waals surface area contributed by atoms with Gasteiger partial charge in [0.25, 0.3) is 0 Å². The van der Waals surface area contributed by atoms with Gasteiger partial charge in [-0.25, -0.2) is 0 Å². The lowest BCUT2D eigenvalue weighted by molar-refractivity contribution is 0.0998. The highest BCUT2D eigenvalue weighted by atomic mass is 16.5. The Kier molecular flexibility index (Phi) is 4.00. The third-order valence-electron chi connectivity index (χ3n) is 3.93. The van der Waals surface area contributed by atoms with E-state index in [0.717, 1.165) is 0 Å². The Hall–Kier alpha value is -3.21. The third kappa shape index (κ3) is 2.31. The molecule has 0 saturated carbocycles. The number of Topliss-reactive ketones (excluding diaryl/α,β-unsaturated/α-hetero) is 1. The molecule has 0 bridgehead atoms. The number of ketones is 2. The van der Waals surface area contributed by atoms with Crippen molar-refractivity contribution < 1.29 is 23.9 Å². The predicted molar refractivity (Wildman–Crippen MR) is 88.0 cm³/mol. The summed E-state index contributed by atoms with van der Waals surface area (Å²) in [5.41, 5.74) is 1.23. The molecule has 0 spiro atoms. The van der Waals surface area contributed by atoms with Crippen molar-refractivity contribution in [2.45, 2.75) is 0 Å². The van der Waals surface area contributed by atoms with Gasteiger partial charge in [0.05, 0.1) is 19.8 Å². The van der Waals surface area contributed by atoms with Gasteiger partial charge in [-0.2, -0.15) is 0 Å². The number of allylic oxidation sites excluding steroid dienone is 2. The van der Waals surface area contributed by atoms with Gasteiger partial charge in [-0.3, -0.25) is 14.4 Å². The van der Waals surface area contributed by atoms with E-state index in [0.29, 0.717) is 23.3 Å². The molecule has 0 fully saturated rings. The molecular formula is C19H14O5. The number of rotatable bonds is 4. The molecule has 0 unspecified atom stereocenters. The monoisotopic (exact) mass is 322 g/mol. The number of fused-ring (bicyclic) bond motifs is 1. The summed E-state index contributed by atoms with van der Waals surface area (Å²) in [6.07, 6.45) is 1.87. The highest BCUT2D eigenvalue weighted by Gasteiger charge is 2.31. The number of carbonyl (C=O) groups is 3. The van der Waals surface area contributed by atoms with Crippen LogP contribution in [0.1, 0.15) is 36.6 Å². The maximum Gasteiger partial charge on any atom is 0.194 e. The summed E-state index contributed by atoms with van der Waals surface area (Å²) >= 11 is 0. The maximum absolute atomic E-state index is 12.9. The predicted octanol–water partition coefficient (Wildman–Crippen LogP) is 2.98. The fourth-order valence-electron chi connectivity index (χ4n) is 2.85. The van der Waals surface area contributed by atoms with Crippen molar-refractivity contribution in [2.24, 2.45) is 0 Å². The number of carbonyl (C=O) groups excluding carboxylic acids is 3. The molecule has 5 nitrogen and oxygen atoms in total. The average Bonchev–Trinajstić information content (AvgIpc) is 2.63. The van der Waals surface area contributed by atoms with E-state index in [1.165, 1.54) is 20.3 Å². The normalized spacial score (nSPS) is 13.2. The number of hydrogen-bond donors (Lipinski definition) is 0. The van der Waals surface area contributed by atoms with E-state index in [1.807, 2.05) is 0 Å². The minimum atomic E-state index is -0.351. The van der Waals surface area contributed by atoms with E-state index in [-0.39, 0.29) is 33.8 Å². The van der Waals surface area contributed by atoms with Crippen LogP contribution in [0.3, 0.4) is 0 Å². The van der Waals surface area contributed by atoms with Crippen molar-refractivity contribution in [2.75, 3.05) is 14.2 Å². The van der Waals surface area contributed by atoms with Crippen LogP contribution < -0.4 is 9.47 Å². The van der Waals surface area contributed by atoms with Crippen LogP contribution >= 0.6 is 0 Å². The van der Waals surface area contributed by atoms with E-state index in [2.05, 4.69) is 0 Å². The van der Waals surface area contributed by atoms with Gasteiger partial charge >= 0.3 is 0 Å². The zero-order valence-corrected chi connectivity index (χ0v) is 13.2. The van der Waals surface area contributed by atoms with Crippen LogP contribution in [0.15, 0.2) is 42.5 Å². The molecule has 24 heavy (non-hydrogen) atoms. The number of benzene rings is 2. The first-order valence-electron chi connectivity index (χ1n) is 7.22. The summed E-state index contributed by atoms with van der Waals surface area (Å²) < 4.78 is 10.4. The summed E-state index contributed by atoms with van der Waals surface area (Å²) in [7, 11) is 2.89. The van der Waals surface area contributed by atoms with E-state index in [1.54, 1.807) is 36.4 Å². The number of ether oxygens (including phenoxy) is 2. The zero-order valence-electron chi connectivity index (χ0n) is 13.2. The summed E-state index contributed by atoms with van der Waals surface area (Å²) in [5, 5.41) is 0. The molecule has 0 N–H and O–H groups in total. The first-order chi connectivity index (χ1) is 11.6. The van der Waals surface area contributed by atoms with Crippen molar-refractivity contribution >= 4 is 23.4 Å². The van der Waals surface area contributed by atoms with Gasteiger partial charge in [0, 0.05) is 22.3 Å². The molecule has 0 aromatic heterocycles. The van der Waals surface area contributed by atoms with Gasteiger partial charge in [0.1, 0.15) is 11.5 Å². The van der Waals surface area contributed by atoms with Crippen LogP contribution in [0.25, 0.3) is 5.57 Å². The standard InChI is InChI=1S/C19H14O5/c1-23-15-7-3-5-11(10-20)17(15)13-9-14(21)18-12(19(13)22)6-4-8-16(18)24-2/h3-10H,1-2H3. The van der Waals surface area contributed by atoms with Crippen LogP contribution in [-0.2, 0) is 0 Å². The number of methoxy groups -OCH3 is 2. The minimum Gasteiger partial charge on any atom is -0.496 e. The summed E-state index contributed by atoms with van der Waals surface area (Å²) in [6, 6.07) is 9.71. The van der Waals surface area contributed by atoms with Crippen molar-refractivity contribution in [3.8, 4) is 11.5 Å². The second-order valence-electron chi connectivity index (χ2n) is 5.18. The maximum atomic E-state index is 12.9. The Morgan fingerprint density at radius 3 is 2.12 bits per heavy atom. The molecular weight excluding hydrogens is 308 g/mol. The summed E-state index contributed by atoms with van der Waals surface area (Å²) in [6.45, 7) is 0.